The van der Waals surface area contributed by atoms with Crippen LogP contribution >= 0.6 is 11.6 Å². The lowest BCUT2D eigenvalue weighted by molar-refractivity contribution is 0.0600. The SMILES string of the molecule is COC(=O)c1ccc(N)c(Oc2ccc(F)c(Cl)c2)c1. The number of anilines is 1. The molecule has 0 spiro atoms. The van der Waals surface area contributed by atoms with Crippen LogP contribution in [0.2, 0.25) is 5.02 Å². The maximum atomic E-state index is 13.1. The Balaban J connectivity index is 2.32. The molecule has 4 nitrogen and oxygen atoms in total. The molecule has 20 heavy (non-hydrogen) atoms. The number of esters is 1. The number of hydrogen-bond donors (Lipinski definition) is 1. The van der Waals surface area contributed by atoms with E-state index in [2.05, 4.69) is 4.74 Å². The second kappa shape index (κ2) is 5.79. The predicted octanol–water partition coefficient (Wildman–Crippen LogP) is 3.64. The Kier molecular flexibility index (Phi) is 4.10. The van der Waals surface area contributed by atoms with Crippen molar-refractivity contribution in [3.63, 3.8) is 0 Å². The van der Waals surface area contributed by atoms with E-state index >= 15 is 0 Å². The molecular formula is C14H11ClFNO3. The Hall–Kier alpha value is -2.27. The van der Waals surface area contributed by atoms with Crippen LogP contribution in [0.3, 0.4) is 0 Å². The van der Waals surface area contributed by atoms with Crippen LogP contribution in [0.4, 0.5) is 10.1 Å². The number of rotatable bonds is 3. The molecule has 0 atom stereocenters. The van der Waals surface area contributed by atoms with Crippen molar-refractivity contribution in [2.75, 3.05) is 12.8 Å². The van der Waals surface area contributed by atoms with Gasteiger partial charge in [0.2, 0.25) is 0 Å². The Morgan fingerprint density at radius 2 is 2.00 bits per heavy atom. The van der Waals surface area contributed by atoms with Crippen LogP contribution < -0.4 is 10.5 Å². The summed E-state index contributed by atoms with van der Waals surface area (Å²) < 4.78 is 23.2. The minimum absolute atomic E-state index is 0.0646. The third-order valence-corrected chi connectivity index (χ3v) is 2.84. The second-order valence-electron chi connectivity index (χ2n) is 3.92. The number of carbonyl (C=O) groups excluding carboxylic acids is 1. The molecule has 0 radical (unpaired) electrons. The summed E-state index contributed by atoms with van der Waals surface area (Å²) in [4.78, 5) is 11.4. The Morgan fingerprint density at radius 1 is 1.25 bits per heavy atom. The molecule has 104 valence electrons. The molecule has 2 N–H and O–H groups in total. The van der Waals surface area contributed by atoms with Gasteiger partial charge in [-0.3, -0.25) is 0 Å². The number of methoxy groups -OCH3 is 1. The summed E-state index contributed by atoms with van der Waals surface area (Å²) in [6.45, 7) is 0. The lowest BCUT2D eigenvalue weighted by Crippen LogP contribution is -2.02. The molecular weight excluding hydrogens is 285 g/mol. The fourth-order valence-electron chi connectivity index (χ4n) is 1.53. The Bertz CT molecular complexity index is 661. The molecule has 2 aromatic carbocycles. The maximum Gasteiger partial charge on any atom is 0.337 e. The van der Waals surface area contributed by atoms with Gasteiger partial charge in [0.25, 0.3) is 0 Å². The number of nitrogen functional groups attached to an aromatic ring is 1. The third-order valence-electron chi connectivity index (χ3n) is 2.55. The highest BCUT2D eigenvalue weighted by molar-refractivity contribution is 6.30. The van der Waals surface area contributed by atoms with Crippen LogP contribution in [0.15, 0.2) is 36.4 Å². The highest BCUT2D eigenvalue weighted by Crippen LogP contribution is 2.30. The fraction of sp³-hybridized carbons (Fsp3) is 0.0714. The molecule has 0 amide bonds. The smallest absolute Gasteiger partial charge is 0.337 e. The molecule has 0 fully saturated rings. The van der Waals surface area contributed by atoms with Crippen molar-refractivity contribution in [2.45, 2.75) is 0 Å². The third kappa shape index (κ3) is 3.00. The van der Waals surface area contributed by atoms with Crippen LogP contribution in [-0.2, 0) is 4.74 Å². The van der Waals surface area contributed by atoms with Crippen LogP contribution in [0.25, 0.3) is 0 Å². The van der Waals surface area contributed by atoms with E-state index < -0.39 is 11.8 Å². The van der Waals surface area contributed by atoms with Crippen molar-refractivity contribution in [3.05, 3.63) is 52.8 Å². The van der Waals surface area contributed by atoms with Gasteiger partial charge in [-0.2, -0.15) is 0 Å². The second-order valence-corrected chi connectivity index (χ2v) is 4.33. The summed E-state index contributed by atoms with van der Waals surface area (Å²) in [6, 6.07) is 8.39. The molecule has 0 aliphatic heterocycles. The first kappa shape index (κ1) is 14.1. The van der Waals surface area contributed by atoms with Gasteiger partial charge in [-0.25, -0.2) is 9.18 Å². The van der Waals surface area contributed by atoms with Gasteiger partial charge in [-0.1, -0.05) is 11.6 Å². The van der Waals surface area contributed by atoms with Gasteiger partial charge < -0.3 is 15.2 Å². The average Bonchev–Trinajstić information content (AvgIpc) is 2.44. The Morgan fingerprint density at radius 3 is 2.65 bits per heavy atom. The van der Waals surface area contributed by atoms with Gasteiger partial charge in [0.05, 0.1) is 23.4 Å². The predicted molar refractivity (Wildman–Crippen MR) is 73.7 cm³/mol. The normalized spacial score (nSPS) is 10.2. The fourth-order valence-corrected chi connectivity index (χ4v) is 1.71. The van der Waals surface area contributed by atoms with Gasteiger partial charge in [-0.05, 0) is 30.3 Å². The van der Waals surface area contributed by atoms with E-state index in [0.717, 1.165) is 0 Å². The van der Waals surface area contributed by atoms with Crippen molar-refractivity contribution in [1.29, 1.82) is 0 Å². The molecule has 0 aliphatic carbocycles. The molecule has 0 aromatic heterocycles. The van der Waals surface area contributed by atoms with E-state index in [4.69, 9.17) is 22.1 Å². The van der Waals surface area contributed by atoms with Crippen LogP contribution in [-0.4, -0.2) is 13.1 Å². The van der Waals surface area contributed by atoms with Crippen LogP contribution in [0, 0.1) is 5.82 Å². The first-order chi connectivity index (χ1) is 9.51. The number of halogens is 2. The number of nitrogens with two attached hydrogens (primary N) is 1. The largest absolute Gasteiger partial charge is 0.465 e. The minimum atomic E-state index is -0.546. The van der Waals surface area contributed by atoms with Crippen LogP contribution in [0.1, 0.15) is 10.4 Å². The minimum Gasteiger partial charge on any atom is -0.465 e. The molecule has 2 aromatic rings. The van der Waals surface area contributed by atoms with Crippen molar-refractivity contribution >= 4 is 23.3 Å². The summed E-state index contributed by atoms with van der Waals surface area (Å²) in [5, 5.41) is -0.0646. The van der Waals surface area contributed by atoms with E-state index in [9.17, 15) is 9.18 Å². The summed E-state index contributed by atoms with van der Waals surface area (Å²) in [5.74, 6) is -0.483. The number of carbonyl (C=O) groups is 1. The molecule has 6 heteroatoms. The molecule has 0 unspecified atom stereocenters. The summed E-state index contributed by atoms with van der Waals surface area (Å²) in [7, 11) is 1.28. The zero-order chi connectivity index (χ0) is 14.7. The highest BCUT2D eigenvalue weighted by Gasteiger charge is 2.11. The molecule has 0 aliphatic rings. The van der Waals surface area contributed by atoms with E-state index in [-0.39, 0.29) is 10.8 Å². The number of hydrogen-bond acceptors (Lipinski definition) is 4. The monoisotopic (exact) mass is 295 g/mol. The average molecular weight is 296 g/mol. The molecule has 2 rings (SSSR count). The maximum absolute atomic E-state index is 13.1. The lowest BCUT2D eigenvalue weighted by Gasteiger charge is -2.10. The lowest BCUT2D eigenvalue weighted by atomic mass is 10.2. The number of benzene rings is 2. The molecule has 0 saturated carbocycles. The number of ether oxygens (including phenoxy) is 2. The van der Waals surface area contributed by atoms with E-state index in [0.29, 0.717) is 17.0 Å². The van der Waals surface area contributed by atoms with Crippen molar-refractivity contribution in [3.8, 4) is 11.5 Å². The standard InChI is InChI=1S/C14H11ClFNO3/c1-19-14(18)8-2-5-12(17)13(6-8)20-9-3-4-11(16)10(15)7-9/h2-7H,17H2,1H3. The van der Waals surface area contributed by atoms with Crippen molar-refractivity contribution in [2.24, 2.45) is 0 Å². The van der Waals surface area contributed by atoms with E-state index in [1.54, 1.807) is 0 Å². The first-order valence-electron chi connectivity index (χ1n) is 5.62. The van der Waals surface area contributed by atoms with Gasteiger partial charge in [0.1, 0.15) is 11.6 Å². The van der Waals surface area contributed by atoms with Gasteiger partial charge in [-0.15, -0.1) is 0 Å². The van der Waals surface area contributed by atoms with Gasteiger partial charge in [0, 0.05) is 6.07 Å². The van der Waals surface area contributed by atoms with Crippen LogP contribution in [0.5, 0.6) is 11.5 Å². The quantitative estimate of drug-likeness (QED) is 0.693. The zero-order valence-corrected chi connectivity index (χ0v) is 11.3. The topological polar surface area (TPSA) is 61.5 Å². The van der Waals surface area contributed by atoms with Crippen molar-refractivity contribution in [1.82, 2.24) is 0 Å². The van der Waals surface area contributed by atoms with Gasteiger partial charge >= 0.3 is 5.97 Å². The first-order valence-corrected chi connectivity index (χ1v) is 6.00. The summed E-state index contributed by atoms with van der Waals surface area (Å²) in [6.07, 6.45) is 0. The van der Waals surface area contributed by atoms with E-state index in [1.807, 2.05) is 0 Å². The summed E-state index contributed by atoms with van der Waals surface area (Å²) >= 11 is 5.66. The van der Waals surface area contributed by atoms with Crippen molar-refractivity contribution < 1.29 is 18.7 Å². The molecule has 0 heterocycles. The Labute approximate surface area is 119 Å². The highest BCUT2D eigenvalue weighted by atomic mass is 35.5. The molecule has 0 saturated heterocycles. The molecule has 0 bridgehead atoms. The van der Waals surface area contributed by atoms with E-state index in [1.165, 1.54) is 43.5 Å². The van der Waals surface area contributed by atoms with Gasteiger partial charge in [0.15, 0.2) is 5.75 Å². The summed E-state index contributed by atoms with van der Waals surface area (Å²) in [5.41, 5.74) is 6.39. The zero-order valence-electron chi connectivity index (χ0n) is 10.5.